The van der Waals surface area contributed by atoms with Crippen molar-refractivity contribution in [2.24, 2.45) is 0 Å². The molecule has 1 aromatic carbocycles. The zero-order valence-corrected chi connectivity index (χ0v) is 8.44. The molecular weight excluding hydrogens is 176 g/mol. The lowest BCUT2D eigenvalue weighted by molar-refractivity contribution is 0.294. The first-order chi connectivity index (χ1) is 6.63. The van der Waals surface area contributed by atoms with Crippen molar-refractivity contribution >= 4 is 0 Å². The van der Waals surface area contributed by atoms with Crippen molar-refractivity contribution in [2.45, 2.75) is 19.5 Å². The second kappa shape index (κ2) is 4.64. The van der Waals surface area contributed by atoms with E-state index in [9.17, 15) is 5.11 Å². The fraction of sp³-hybridized carbons (Fsp3) is 0.364. The van der Waals surface area contributed by atoms with E-state index >= 15 is 0 Å². The molecule has 1 rings (SSSR count). The van der Waals surface area contributed by atoms with Crippen molar-refractivity contribution in [3.63, 3.8) is 0 Å². The van der Waals surface area contributed by atoms with Crippen molar-refractivity contribution in [3.8, 4) is 11.8 Å². The van der Waals surface area contributed by atoms with Gasteiger partial charge in [0.25, 0.3) is 0 Å². The molecule has 0 spiro atoms. The van der Waals surface area contributed by atoms with Crippen LogP contribution in [0.3, 0.4) is 0 Å². The van der Waals surface area contributed by atoms with E-state index in [1.165, 1.54) is 0 Å². The minimum Gasteiger partial charge on any atom is -0.508 e. The molecule has 0 saturated heterocycles. The predicted octanol–water partition coefficient (Wildman–Crippen LogP) is 1.74. The molecule has 3 nitrogen and oxygen atoms in total. The number of benzene rings is 1. The Morgan fingerprint density at radius 3 is 2.86 bits per heavy atom. The Morgan fingerprint density at radius 1 is 1.57 bits per heavy atom. The van der Waals surface area contributed by atoms with Crippen LogP contribution in [0.25, 0.3) is 0 Å². The van der Waals surface area contributed by atoms with Gasteiger partial charge in [-0.1, -0.05) is 12.1 Å². The van der Waals surface area contributed by atoms with Gasteiger partial charge in [0.05, 0.1) is 12.1 Å². The normalized spacial score (nSPS) is 12.4. The van der Waals surface area contributed by atoms with Crippen molar-refractivity contribution in [1.82, 2.24) is 4.90 Å². The molecule has 0 heterocycles. The van der Waals surface area contributed by atoms with Gasteiger partial charge in [0, 0.05) is 6.54 Å². The summed E-state index contributed by atoms with van der Waals surface area (Å²) in [4.78, 5) is 1.93. The number of nitrogens with zero attached hydrogens (tertiary/aromatic N) is 2. The molecule has 0 aliphatic heterocycles. The van der Waals surface area contributed by atoms with Crippen LogP contribution in [0.5, 0.6) is 5.75 Å². The standard InChI is InChI=1S/C11H14N2O/c1-9(7-12)13(2)8-10-4-3-5-11(14)6-10/h3-6,9,14H,8H2,1-2H3. The summed E-state index contributed by atoms with van der Waals surface area (Å²) in [6, 6.07) is 9.13. The maximum Gasteiger partial charge on any atom is 0.115 e. The molecule has 1 N–H and O–H groups in total. The highest BCUT2D eigenvalue weighted by Gasteiger charge is 2.07. The van der Waals surface area contributed by atoms with Crippen LogP contribution >= 0.6 is 0 Å². The summed E-state index contributed by atoms with van der Waals surface area (Å²) >= 11 is 0. The maximum atomic E-state index is 9.24. The fourth-order valence-electron chi connectivity index (χ4n) is 1.18. The summed E-state index contributed by atoms with van der Waals surface area (Å²) in [7, 11) is 1.89. The molecule has 0 aliphatic rings. The molecule has 3 heteroatoms. The highest BCUT2D eigenvalue weighted by Crippen LogP contribution is 2.13. The third-order valence-electron chi connectivity index (χ3n) is 2.19. The van der Waals surface area contributed by atoms with Gasteiger partial charge in [0.1, 0.15) is 5.75 Å². The highest BCUT2D eigenvalue weighted by atomic mass is 16.3. The van der Waals surface area contributed by atoms with Crippen LogP contribution < -0.4 is 0 Å². The minimum atomic E-state index is -0.114. The second-order valence-corrected chi connectivity index (χ2v) is 3.39. The summed E-state index contributed by atoms with van der Waals surface area (Å²) in [5, 5.41) is 17.9. The molecular formula is C11H14N2O. The SMILES string of the molecule is CC(C#N)N(C)Cc1cccc(O)c1. The van der Waals surface area contributed by atoms with Crippen LogP contribution in [-0.4, -0.2) is 23.1 Å². The Balaban J connectivity index is 2.65. The van der Waals surface area contributed by atoms with E-state index < -0.39 is 0 Å². The topological polar surface area (TPSA) is 47.3 Å². The minimum absolute atomic E-state index is 0.114. The van der Waals surface area contributed by atoms with Crippen LogP contribution in [0.1, 0.15) is 12.5 Å². The number of phenolic OH excluding ortho intramolecular Hbond substituents is 1. The van der Waals surface area contributed by atoms with Crippen LogP contribution in [0.4, 0.5) is 0 Å². The van der Waals surface area contributed by atoms with E-state index in [2.05, 4.69) is 6.07 Å². The van der Waals surface area contributed by atoms with Crippen molar-refractivity contribution in [2.75, 3.05) is 7.05 Å². The van der Waals surface area contributed by atoms with Gasteiger partial charge in [0.2, 0.25) is 0 Å². The third kappa shape index (κ3) is 2.75. The van der Waals surface area contributed by atoms with Gasteiger partial charge in [-0.25, -0.2) is 0 Å². The molecule has 1 atom stereocenters. The van der Waals surface area contributed by atoms with Crippen molar-refractivity contribution in [3.05, 3.63) is 29.8 Å². The summed E-state index contributed by atoms with van der Waals surface area (Å²) in [5.41, 5.74) is 1.01. The zero-order valence-electron chi connectivity index (χ0n) is 8.44. The average Bonchev–Trinajstić information content (AvgIpc) is 2.16. The van der Waals surface area contributed by atoms with E-state index in [0.717, 1.165) is 5.56 Å². The van der Waals surface area contributed by atoms with Crippen LogP contribution in [0.15, 0.2) is 24.3 Å². The Hall–Kier alpha value is -1.53. The molecule has 0 radical (unpaired) electrons. The monoisotopic (exact) mass is 190 g/mol. The smallest absolute Gasteiger partial charge is 0.115 e. The van der Waals surface area contributed by atoms with Gasteiger partial charge in [-0.05, 0) is 31.7 Å². The average molecular weight is 190 g/mol. The largest absolute Gasteiger partial charge is 0.508 e. The lowest BCUT2D eigenvalue weighted by atomic mass is 10.2. The van der Waals surface area contributed by atoms with Crippen molar-refractivity contribution < 1.29 is 5.11 Å². The van der Waals surface area contributed by atoms with E-state index in [1.54, 1.807) is 18.2 Å². The molecule has 74 valence electrons. The number of hydrogen-bond acceptors (Lipinski definition) is 3. The van der Waals surface area contributed by atoms with Gasteiger partial charge in [-0.3, -0.25) is 4.90 Å². The van der Waals surface area contributed by atoms with Gasteiger partial charge in [-0.15, -0.1) is 0 Å². The number of aromatic hydroxyl groups is 1. The van der Waals surface area contributed by atoms with E-state index in [1.807, 2.05) is 24.9 Å². The predicted molar refractivity (Wildman–Crippen MR) is 54.6 cm³/mol. The molecule has 0 amide bonds. The Kier molecular flexibility index (Phi) is 3.49. The van der Waals surface area contributed by atoms with Gasteiger partial charge >= 0.3 is 0 Å². The quantitative estimate of drug-likeness (QED) is 0.789. The first kappa shape index (κ1) is 10.6. The summed E-state index contributed by atoms with van der Waals surface area (Å²) in [6.45, 7) is 2.52. The number of phenols is 1. The van der Waals surface area contributed by atoms with Gasteiger partial charge in [0.15, 0.2) is 0 Å². The molecule has 1 aromatic rings. The molecule has 0 saturated carbocycles. The second-order valence-electron chi connectivity index (χ2n) is 3.39. The number of rotatable bonds is 3. The Labute approximate surface area is 84.2 Å². The molecule has 0 aliphatic carbocycles. The van der Waals surface area contributed by atoms with Crippen molar-refractivity contribution in [1.29, 1.82) is 5.26 Å². The summed E-state index contributed by atoms with van der Waals surface area (Å²) in [6.07, 6.45) is 0. The first-order valence-electron chi connectivity index (χ1n) is 4.51. The third-order valence-corrected chi connectivity index (χ3v) is 2.19. The zero-order chi connectivity index (χ0) is 10.6. The fourth-order valence-corrected chi connectivity index (χ4v) is 1.18. The Bertz CT molecular complexity index is 343. The first-order valence-corrected chi connectivity index (χ1v) is 4.51. The number of hydrogen-bond donors (Lipinski definition) is 1. The van der Waals surface area contributed by atoms with Crippen LogP contribution in [0.2, 0.25) is 0 Å². The lowest BCUT2D eigenvalue weighted by Crippen LogP contribution is -2.26. The molecule has 14 heavy (non-hydrogen) atoms. The van der Waals surface area contributed by atoms with Gasteiger partial charge in [-0.2, -0.15) is 5.26 Å². The Morgan fingerprint density at radius 2 is 2.29 bits per heavy atom. The molecule has 0 fully saturated rings. The molecule has 0 bridgehead atoms. The van der Waals surface area contributed by atoms with E-state index in [4.69, 9.17) is 5.26 Å². The lowest BCUT2D eigenvalue weighted by Gasteiger charge is -2.18. The van der Waals surface area contributed by atoms with Crippen LogP contribution in [0, 0.1) is 11.3 Å². The van der Waals surface area contributed by atoms with Crippen LogP contribution in [-0.2, 0) is 6.54 Å². The highest BCUT2D eigenvalue weighted by molar-refractivity contribution is 5.27. The van der Waals surface area contributed by atoms with E-state index in [0.29, 0.717) is 6.54 Å². The maximum absolute atomic E-state index is 9.24. The summed E-state index contributed by atoms with van der Waals surface area (Å²) in [5.74, 6) is 0.264. The van der Waals surface area contributed by atoms with Gasteiger partial charge < -0.3 is 5.11 Å². The van der Waals surface area contributed by atoms with E-state index in [-0.39, 0.29) is 11.8 Å². The molecule has 1 unspecified atom stereocenters. The molecule has 0 aromatic heterocycles. The summed E-state index contributed by atoms with van der Waals surface area (Å²) < 4.78 is 0. The number of nitriles is 1.